The van der Waals surface area contributed by atoms with Gasteiger partial charge in [0.25, 0.3) is 0 Å². The number of nitrogens with zero attached hydrogens (tertiary/aromatic N) is 1. The van der Waals surface area contributed by atoms with Crippen LogP contribution in [0.1, 0.15) is 5.56 Å². The predicted octanol–water partition coefficient (Wildman–Crippen LogP) is 1.37. The second-order valence-corrected chi connectivity index (χ2v) is 3.29. The molecule has 1 aliphatic heterocycles. The zero-order valence-electron chi connectivity index (χ0n) is 8.63. The lowest BCUT2D eigenvalue weighted by Crippen LogP contribution is -2.34. The first-order valence-corrected chi connectivity index (χ1v) is 4.83. The van der Waals surface area contributed by atoms with Gasteiger partial charge in [0.05, 0.1) is 6.54 Å². The maximum absolute atomic E-state index is 11.3. The molecule has 0 spiro atoms. The number of benzene rings is 1. The van der Waals surface area contributed by atoms with Crippen molar-refractivity contribution in [1.29, 1.82) is 0 Å². The number of carbonyl (C=O) groups is 1. The molecule has 0 atom stereocenters. The molecule has 0 aliphatic carbocycles. The van der Waals surface area contributed by atoms with E-state index in [-0.39, 0.29) is 6.79 Å². The maximum atomic E-state index is 11.3. The van der Waals surface area contributed by atoms with Gasteiger partial charge in [0.1, 0.15) is 6.26 Å². The predicted molar refractivity (Wildman–Crippen MR) is 56.7 cm³/mol. The molecule has 0 saturated heterocycles. The number of hydrogen-bond acceptors (Lipinski definition) is 3. The van der Waals surface area contributed by atoms with Crippen LogP contribution in [0.4, 0.5) is 4.79 Å². The van der Waals surface area contributed by atoms with E-state index in [1.165, 1.54) is 11.2 Å². The van der Waals surface area contributed by atoms with Crippen molar-refractivity contribution in [2.45, 2.75) is 6.54 Å². The zero-order chi connectivity index (χ0) is 11.4. The number of rotatable bonds is 3. The maximum Gasteiger partial charge on any atom is 0.322 e. The fraction of sp³-hybridized carbons (Fsp3) is 0.182. The van der Waals surface area contributed by atoms with Crippen LogP contribution < -0.4 is 5.73 Å². The molecule has 16 heavy (non-hydrogen) atoms. The number of carbonyl (C=O) groups excluding carboxylic acids is 1. The number of hydrogen-bond donors (Lipinski definition) is 1. The molecule has 2 rings (SSSR count). The summed E-state index contributed by atoms with van der Waals surface area (Å²) >= 11 is 0. The van der Waals surface area contributed by atoms with Gasteiger partial charge in [0.15, 0.2) is 0 Å². The summed E-state index contributed by atoms with van der Waals surface area (Å²) in [7, 11) is 0. The van der Waals surface area contributed by atoms with E-state index in [0.717, 1.165) is 5.56 Å². The molecule has 0 radical (unpaired) electrons. The van der Waals surface area contributed by atoms with E-state index in [1.54, 1.807) is 0 Å². The topological polar surface area (TPSA) is 64.8 Å². The van der Waals surface area contributed by atoms with Gasteiger partial charge in [-0.3, -0.25) is 4.90 Å². The molecule has 0 aromatic heterocycles. The number of amides is 2. The van der Waals surface area contributed by atoms with E-state index in [9.17, 15) is 4.79 Å². The van der Waals surface area contributed by atoms with E-state index in [4.69, 9.17) is 15.2 Å². The molecule has 0 unspecified atom stereocenters. The third-order valence-corrected chi connectivity index (χ3v) is 2.17. The van der Waals surface area contributed by atoms with Crippen molar-refractivity contribution in [3.05, 3.63) is 48.0 Å². The summed E-state index contributed by atoms with van der Waals surface area (Å²) in [5.74, 6) is 0.344. The molecule has 5 nitrogen and oxygen atoms in total. The summed E-state index contributed by atoms with van der Waals surface area (Å²) in [5.41, 5.74) is 6.25. The third kappa shape index (κ3) is 2.25. The minimum Gasteiger partial charge on any atom is -0.459 e. The van der Waals surface area contributed by atoms with Crippen LogP contribution in [-0.2, 0) is 16.0 Å². The lowest BCUT2D eigenvalue weighted by atomic mass is 10.2. The molecule has 1 aliphatic rings. The van der Waals surface area contributed by atoms with Gasteiger partial charge in [-0.1, -0.05) is 30.3 Å². The third-order valence-electron chi connectivity index (χ3n) is 2.17. The molecule has 5 heteroatoms. The van der Waals surface area contributed by atoms with Crippen molar-refractivity contribution in [3.8, 4) is 0 Å². The zero-order valence-corrected chi connectivity index (χ0v) is 8.63. The van der Waals surface area contributed by atoms with Crippen molar-refractivity contribution in [2.75, 3.05) is 6.79 Å². The summed E-state index contributed by atoms with van der Waals surface area (Å²) < 4.78 is 10.0. The number of nitrogens with two attached hydrogens (primary N) is 1. The Morgan fingerprint density at radius 2 is 2.12 bits per heavy atom. The minimum atomic E-state index is -0.569. The van der Waals surface area contributed by atoms with Crippen LogP contribution >= 0.6 is 0 Å². The van der Waals surface area contributed by atoms with Crippen molar-refractivity contribution >= 4 is 6.03 Å². The van der Waals surface area contributed by atoms with Crippen LogP contribution in [0.25, 0.3) is 0 Å². The van der Waals surface area contributed by atoms with Crippen LogP contribution in [0.2, 0.25) is 0 Å². The van der Waals surface area contributed by atoms with E-state index in [0.29, 0.717) is 12.4 Å². The normalized spacial score (nSPS) is 13.6. The summed E-state index contributed by atoms with van der Waals surface area (Å²) in [5, 5.41) is 0. The first-order chi connectivity index (χ1) is 7.77. The first-order valence-electron chi connectivity index (χ1n) is 4.83. The molecular weight excluding hydrogens is 208 g/mol. The van der Waals surface area contributed by atoms with E-state index >= 15 is 0 Å². The van der Waals surface area contributed by atoms with Crippen molar-refractivity contribution in [1.82, 2.24) is 4.90 Å². The second-order valence-electron chi connectivity index (χ2n) is 3.29. The highest BCUT2D eigenvalue weighted by molar-refractivity contribution is 5.73. The molecule has 0 saturated carbocycles. The Hall–Kier alpha value is -2.17. The first kappa shape index (κ1) is 10.4. The van der Waals surface area contributed by atoms with Gasteiger partial charge >= 0.3 is 6.03 Å². The van der Waals surface area contributed by atoms with Crippen LogP contribution in [0.3, 0.4) is 0 Å². The Morgan fingerprint density at radius 3 is 2.69 bits per heavy atom. The van der Waals surface area contributed by atoms with E-state index in [2.05, 4.69) is 0 Å². The number of urea groups is 1. The van der Waals surface area contributed by atoms with E-state index in [1.807, 2.05) is 30.3 Å². The second kappa shape index (κ2) is 4.57. The van der Waals surface area contributed by atoms with Gasteiger partial charge in [0.2, 0.25) is 12.7 Å². The fourth-order valence-corrected chi connectivity index (χ4v) is 1.41. The Balaban J connectivity index is 2.12. The van der Waals surface area contributed by atoms with Crippen LogP contribution in [0.15, 0.2) is 42.5 Å². The summed E-state index contributed by atoms with van der Waals surface area (Å²) in [4.78, 5) is 12.6. The highest BCUT2D eigenvalue weighted by atomic mass is 16.7. The van der Waals surface area contributed by atoms with Crippen LogP contribution in [0, 0.1) is 0 Å². The Bertz CT molecular complexity index is 403. The van der Waals surface area contributed by atoms with Crippen LogP contribution in [0.5, 0.6) is 0 Å². The number of ether oxygens (including phenoxy) is 2. The molecule has 84 valence electrons. The Morgan fingerprint density at radius 1 is 1.38 bits per heavy atom. The minimum absolute atomic E-state index is 0.119. The summed E-state index contributed by atoms with van der Waals surface area (Å²) in [6, 6.07) is 8.95. The van der Waals surface area contributed by atoms with E-state index < -0.39 is 6.03 Å². The van der Waals surface area contributed by atoms with Crippen LogP contribution in [-0.4, -0.2) is 17.7 Å². The molecular formula is C11H12N2O3. The average molecular weight is 220 g/mol. The smallest absolute Gasteiger partial charge is 0.322 e. The highest BCUT2D eigenvalue weighted by Gasteiger charge is 2.20. The standard InChI is InChI=1S/C11H12N2O3/c12-11(14)13(10-7-15-8-16-10)6-9-4-2-1-3-5-9/h1-5,7H,6,8H2,(H2,12,14). The fourth-order valence-electron chi connectivity index (χ4n) is 1.41. The lowest BCUT2D eigenvalue weighted by molar-refractivity contribution is 0.0550. The quantitative estimate of drug-likeness (QED) is 0.836. The molecule has 2 amide bonds. The molecule has 2 N–H and O–H groups in total. The Labute approximate surface area is 93.0 Å². The lowest BCUT2D eigenvalue weighted by Gasteiger charge is -2.19. The van der Waals surface area contributed by atoms with Gasteiger partial charge < -0.3 is 15.2 Å². The summed E-state index contributed by atoms with van der Waals surface area (Å²) in [6.45, 7) is 0.485. The van der Waals surface area contributed by atoms with Gasteiger partial charge in [-0.15, -0.1) is 0 Å². The van der Waals surface area contributed by atoms with Crippen molar-refractivity contribution < 1.29 is 14.3 Å². The molecule has 1 aromatic rings. The Kier molecular flexibility index (Phi) is 2.95. The number of primary amides is 1. The van der Waals surface area contributed by atoms with Gasteiger partial charge in [-0.25, -0.2) is 4.79 Å². The van der Waals surface area contributed by atoms with Gasteiger partial charge in [0, 0.05) is 0 Å². The van der Waals surface area contributed by atoms with Crippen molar-refractivity contribution in [2.24, 2.45) is 5.73 Å². The van der Waals surface area contributed by atoms with Crippen molar-refractivity contribution in [3.63, 3.8) is 0 Å². The largest absolute Gasteiger partial charge is 0.459 e. The molecule has 1 heterocycles. The van der Waals surface area contributed by atoms with Gasteiger partial charge in [-0.05, 0) is 5.56 Å². The molecule has 0 bridgehead atoms. The summed E-state index contributed by atoms with van der Waals surface area (Å²) in [6.07, 6.45) is 1.38. The SMILES string of the molecule is NC(=O)N(Cc1ccccc1)C1=COCO1. The van der Waals surface area contributed by atoms with Gasteiger partial charge in [-0.2, -0.15) is 0 Å². The average Bonchev–Trinajstić information content (AvgIpc) is 2.80. The molecule has 1 aromatic carbocycles. The molecule has 0 fully saturated rings. The highest BCUT2D eigenvalue weighted by Crippen LogP contribution is 2.15. The monoisotopic (exact) mass is 220 g/mol.